The number of hydrogen-bond donors (Lipinski definition) is 1. The van der Waals surface area contributed by atoms with Crippen LogP contribution in [0, 0.1) is 0 Å². The van der Waals surface area contributed by atoms with E-state index < -0.39 is 23.5 Å². The van der Waals surface area contributed by atoms with Crippen LogP contribution in [0.3, 0.4) is 0 Å². The summed E-state index contributed by atoms with van der Waals surface area (Å²) in [5.41, 5.74) is 0.938. The third-order valence-corrected chi connectivity index (χ3v) is 5.44. The number of para-hydroxylation sites is 1. The molecule has 3 aromatic rings. The number of aliphatic hydroxyl groups excluding tert-OH is 1. The van der Waals surface area contributed by atoms with Crippen LogP contribution in [-0.4, -0.2) is 49.1 Å². The lowest BCUT2D eigenvalue weighted by Gasteiger charge is -2.26. The quantitative estimate of drug-likeness (QED) is 0.549. The minimum absolute atomic E-state index is 0.00512. The number of fused-ring (bicyclic) bond motifs is 1. The van der Waals surface area contributed by atoms with Crippen molar-refractivity contribution in [2.75, 3.05) is 27.4 Å². The Kier molecular flexibility index (Phi) is 5.71. The van der Waals surface area contributed by atoms with E-state index >= 15 is 0 Å². The lowest BCUT2D eigenvalue weighted by Crippen LogP contribution is -2.34. The average molecular weight is 442 g/mol. The molecule has 0 fully saturated rings. The Morgan fingerprint density at radius 2 is 1.97 bits per heavy atom. The minimum Gasteiger partial charge on any atom is -0.503 e. The molecule has 31 heavy (non-hydrogen) atoms. The van der Waals surface area contributed by atoms with Crippen LogP contribution in [0.25, 0.3) is 11.0 Å². The Morgan fingerprint density at radius 1 is 1.19 bits per heavy atom. The smallest absolute Gasteiger partial charge is 0.290 e. The molecule has 0 saturated carbocycles. The predicted octanol–water partition coefficient (Wildman–Crippen LogP) is 4.32. The Labute approximate surface area is 183 Å². The molecule has 0 radical (unpaired) electrons. The van der Waals surface area contributed by atoms with Gasteiger partial charge in [-0.05, 0) is 29.8 Å². The lowest BCUT2D eigenvalue weighted by molar-refractivity contribution is -0.130. The van der Waals surface area contributed by atoms with Crippen molar-refractivity contribution in [3.63, 3.8) is 0 Å². The van der Waals surface area contributed by atoms with Crippen molar-refractivity contribution in [3.05, 3.63) is 76.2 Å². The first-order chi connectivity index (χ1) is 15.0. The third kappa shape index (κ3) is 3.66. The second-order valence-corrected chi connectivity index (χ2v) is 7.47. The van der Waals surface area contributed by atoms with Gasteiger partial charge in [0.2, 0.25) is 5.78 Å². The first-order valence-corrected chi connectivity index (χ1v) is 9.93. The predicted molar refractivity (Wildman–Crippen MR) is 115 cm³/mol. The molecule has 1 unspecified atom stereocenters. The molecule has 4 rings (SSSR count). The van der Waals surface area contributed by atoms with Crippen molar-refractivity contribution >= 4 is 34.3 Å². The number of Topliss-reactive ketones (excluding diaryl/α,β-unsaturated/α-hetero) is 1. The molecule has 160 valence electrons. The number of amides is 1. The van der Waals surface area contributed by atoms with Crippen LogP contribution < -0.4 is 4.74 Å². The fourth-order valence-corrected chi connectivity index (χ4v) is 3.97. The maximum absolute atomic E-state index is 13.5. The zero-order chi connectivity index (χ0) is 22.1. The van der Waals surface area contributed by atoms with E-state index in [9.17, 15) is 14.7 Å². The molecule has 0 aliphatic carbocycles. The van der Waals surface area contributed by atoms with Gasteiger partial charge in [-0.3, -0.25) is 9.59 Å². The molecule has 1 aliphatic heterocycles. The van der Waals surface area contributed by atoms with Crippen molar-refractivity contribution in [2.24, 2.45) is 0 Å². The van der Waals surface area contributed by atoms with E-state index in [2.05, 4.69) is 0 Å². The molecule has 1 N–H and O–H groups in total. The summed E-state index contributed by atoms with van der Waals surface area (Å²) in [6.07, 6.45) is 0. The van der Waals surface area contributed by atoms with E-state index in [0.29, 0.717) is 27.3 Å². The summed E-state index contributed by atoms with van der Waals surface area (Å²) >= 11 is 6.16. The Morgan fingerprint density at radius 3 is 2.68 bits per heavy atom. The number of carbonyl (C=O) groups excluding carboxylic acids is 2. The minimum atomic E-state index is -0.830. The highest BCUT2D eigenvalue weighted by atomic mass is 35.5. The first-order valence-electron chi connectivity index (χ1n) is 9.56. The van der Waals surface area contributed by atoms with Gasteiger partial charge >= 0.3 is 0 Å². The van der Waals surface area contributed by atoms with Crippen LogP contribution in [0.1, 0.15) is 22.2 Å². The largest absolute Gasteiger partial charge is 0.503 e. The van der Waals surface area contributed by atoms with E-state index in [-0.39, 0.29) is 24.5 Å². The molecule has 0 saturated heterocycles. The van der Waals surface area contributed by atoms with Gasteiger partial charge in [0.05, 0.1) is 25.3 Å². The SMILES string of the molecule is COCCN1C(=O)C(O)=C(C(=O)c2cc3cccc(OC)c3o2)C1c1cccc(Cl)c1. The molecule has 1 aromatic heterocycles. The van der Waals surface area contributed by atoms with Crippen LogP contribution in [0.4, 0.5) is 0 Å². The highest BCUT2D eigenvalue weighted by Gasteiger charge is 2.44. The Hall–Kier alpha value is -3.29. The van der Waals surface area contributed by atoms with Crippen LogP contribution >= 0.6 is 11.6 Å². The highest BCUT2D eigenvalue weighted by molar-refractivity contribution is 6.30. The van der Waals surface area contributed by atoms with Gasteiger partial charge < -0.3 is 23.9 Å². The Bertz CT molecular complexity index is 1200. The monoisotopic (exact) mass is 441 g/mol. The fraction of sp³-hybridized carbons (Fsp3) is 0.217. The third-order valence-electron chi connectivity index (χ3n) is 5.20. The van der Waals surface area contributed by atoms with Crippen LogP contribution in [-0.2, 0) is 9.53 Å². The van der Waals surface area contributed by atoms with Crippen LogP contribution in [0.5, 0.6) is 5.75 Å². The zero-order valence-corrected chi connectivity index (χ0v) is 17.7. The second kappa shape index (κ2) is 8.45. The number of furan rings is 1. The van der Waals surface area contributed by atoms with Gasteiger partial charge in [0, 0.05) is 24.1 Å². The molecule has 7 nitrogen and oxygen atoms in total. The van der Waals surface area contributed by atoms with Gasteiger partial charge in [0.15, 0.2) is 22.9 Å². The molecular formula is C23H20ClNO6. The number of carbonyl (C=O) groups is 2. The van der Waals surface area contributed by atoms with Crippen molar-refractivity contribution in [3.8, 4) is 5.75 Å². The number of benzene rings is 2. The van der Waals surface area contributed by atoms with E-state index in [1.807, 2.05) is 0 Å². The fourth-order valence-electron chi connectivity index (χ4n) is 3.77. The lowest BCUT2D eigenvalue weighted by atomic mass is 9.95. The number of hydrogen-bond acceptors (Lipinski definition) is 6. The van der Waals surface area contributed by atoms with E-state index in [1.165, 1.54) is 19.1 Å². The average Bonchev–Trinajstić information content (AvgIpc) is 3.31. The van der Waals surface area contributed by atoms with Crippen molar-refractivity contribution < 1.29 is 28.6 Å². The van der Waals surface area contributed by atoms with Gasteiger partial charge in [0.1, 0.15) is 0 Å². The summed E-state index contributed by atoms with van der Waals surface area (Å²) < 4.78 is 16.2. The molecule has 8 heteroatoms. The standard InChI is InChI=1S/C23H20ClNO6/c1-29-10-9-25-19(13-5-3-7-15(24)11-13)18(21(27)23(25)28)20(26)17-12-14-6-4-8-16(30-2)22(14)31-17/h3-8,11-12,19,27H,9-10H2,1-2H3. The number of aliphatic hydroxyl groups is 1. The van der Waals surface area contributed by atoms with Crippen LogP contribution in [0.2, 0.25) is 5.02 Å². The maximum atomic E-state index is 13.5. The van der Waals surface area contributed by atoms with Crippen molar-refractivity contribution in [1.29, 1.82) is 0 Å². The molecule has 0 spiro atoms. The van der Waals surface area contributed by atoms with Gasteiger partial charge in [-0.25, -0.2) is 0 Å². The highest BCUT2D eigenvalue weighted by Crippen LogP contribution is 2.40. The summed E-state index contributed by atoms with van der Waals surface area (Å²) in [6.45, 7) is 0.417. The zero-order valence-electron chi connectivity index (χ0n) is 16.9. The Balaban J connectivity index is 1.82. The topological polar surface area (TPSA) is 89.2 Å². The molecule has 1 atom stereocenters. The number of methoxy groups -OCH3 is 2. The van der Waals surface area contributed by atoms with Gasteiger partial charge in [0.25, 0.3) is 5.91 Å². The van der Waals surface area contributed by atoms with E-state index in [4.69, 9.17) is 25.5 Å². The van der Waals surface area contributed by atoms with Crippen LogP contribution in [0.15, 0.2) is 64.3 Å². The molecule has 1 aliphatic rings. The molecule has 1 amide bonds. The normalized spacial score (nSPS) is 16.4. The summed E-state index contributed by atoms with van der Waals surface area (Å²) in [5.74, 6) is -1.38. The molecule has 2 aromatic carbocycles. The number of rotatable bonds is 7. The summed E-state index contributed by atoms with van der Waals surface area (Å²) in [5, 5.41) is 11.8. The number of nitrogens with zero attached hydrogens (tertiary/aromatic N) is 1. The summed E-state index contributed by atoms with van der Waals surface area (Å²) in [4.78, 5) is 27.7. The molecule has 0 bridgehead atoms. The summed E-state index contributed by atoms with van der Waals surface area (Å²) in [6, 6.07) is 12.8. The van der Waals surface area contributed by atoms with E-state index in [0.717, 1.165) is 0 Å². The van der Waals surface area contributed by atoms with Gasteiger partial charge in [-0.1, -0.05) is 35.9 Å². The van der Waals surface area contributed by atoms with Crippen molar-refractivity contribution in [1.82, 2.24) is 4.90 Å². The number of ketones is 1. The van der Waals surface area contributed by atoms with Gasteiger partial charge in [-0.15, -0.1) is 0 Å². The molecular weight excluding hydrogens is 422 g/mol. The number of ether oxygens (including phenoxy) is 2. The van der Waals surface area contributed by atoms with Gasteiger partial charge in [-0.2, -0.15) is 0 Å². The maximum Gasteiger partial charge on any atom is 0.290 e. The summed E-state index contributed by atoms with van der Waals surface area (Å²) in [7, 11) is 3.02. The second-order valence-electron chi connectivity index (χ2n) is 7.03. The van der Waals surface area contributed by atoms with Crippen molar-refractivity contribution in [2.45, 2.75) is 6.04 Å². The number of halogens is 1. The first kappa shape index (κ1) is 21.0. The van der Waals surface area contributed by atoms with E-state index in [1.54, 1.807) is 48.5 Å². The molecule has 2 heterocycles.